The Kier molecular flexibility index (Phi) is 25.0. The Bertz CT molecular complexity index is 4670. The third-order valence-corrected chi connectivity index (χ3v) is 27.0. The molecule has 0 radical (unpaired) electrons. The van der Waals surface area contributed by atoms with Crippen molar-refractivity contribution in [1.29, 1.82) is 0 Å². The van der Waals surface area contributed by atoms with Crippen molar-refractivity contribution in [1.82, 2.24) is 51.0 Å². The number of aromatic nitrogens is 2. The number of fused-ring (bicyclic) bond motifs is 10. The first-order valence-electron chi connectivity index (χ1n) is 40.8. The molecule has 12 rings (SSSR count). The molecule has 18 unspecified atom stereocenters. The molecule has 8 amide bonds. The fourth-order valence-corrected chi connectivity index (χ4v) is 20.3. The number of rotatable bonds is 8. The van der Waals surface area contributed by atoms with Crippen molar-refractivity contribution in [3.63, 3.8) is 0 Å². The van der Waals surface area contributed by atoms with Crippen LogP contribution in [0.1, 0.15) is 203 Å². The van der Waals surface area contributed by atoms with Gasteiger partial charge in [-0.3, -0.25) is 52.7 Å². The molecule has 622 valence electrons. The number of carbonyl (C=O) groups is 12. The minimum Gasteiger partial charge on any atom is -0.458 e. The van der Waals surface area contributed by atoms with Gasteiger partial charge >= 0.3 is 11.9 Å². The van der Waals surface area contributed by atoms with Gasteiger partial charge in [-0.2, -0.15) is 0 Å². The Labute approximate surface area is 671 Å². The van der Waals surface area contributed by atoms with Crippen LogP contribution in [-0.2, 0) is 63.8 Å². The number of ketones is 2. The lowest BCUT2D eigenvalue weighted by molar-refractivity contribution is -0.163. The van der Waals surface area contributed by atoms with E-state index >= 15 is 9.59 Å². The molecule has 1 aromatic carbocycles. The summed E-state index contributed by atoms with van der Waals surface area (Å²) in [4.78, 5) is 197. The number of hydrogen-bond donors (Lipinski definition) is 6. The first-order chi connectivity index (χ1) is 54.0. The second-order valence-corrected chi connectivity index (χ2v) is 35.7. The van der Waals surface area contributed by atoms with Crippen LogP contribution in [0, 0.1) is 102 Å². The normalized spacial score (nSPS) is 32.2. The highest BCUT2D eigenvalue weighted by Gasteiger charge is 2.64. The number of esters is 2. The number of Topliss-reactive ketones (excluding diaryl/α,β-unsaturated/α-hetero) is 2. The van der Waals surface area contributed by atoms with Gasteiger partial charge in [0.15, 0.2) is 28.7 Å². The number of nitrogen functional groups attached to an aromatic ring is 1. The van der Waals surface area contributed by atoms with Crippen LogP contribution in [0.2, 0.25) is 0 Å². The summed E-state index contributed by atoms with van der Waals surface area (Å²) in [6.07, 6.45) is 16.7. The summed E-state index contributed by atoms with van der Waals surface area (Å²) in [5.41, 5.74) is 5.66. The van der Waals surface area contributed by atoms with Crippen LogP contribution in [0.25, 0.3) is 28.6 Å². The van der Waals surface area contributed by atoms with Crippen LogP contribution in [0.15, 0.2) is 37.6 Å². The second kappa shape index (κ2) is 33.4. The van der Waals surface area contributed by atoms with E-state index in [0.29, 0.717) is 61.8 Å². The Morgan fingerprint density at radius 2 is 1.17 bits per heavy atom. The predicted octanol–water partition coefficient (Wildman–Crippen LogP) is 6.94. The number of likely N-dealkylation sites (N-methyl/N-ethyl adjacent to an activating group) is 4. The van der Waals surface area contributed by atoms with Crippen molar-refractivity contribution in [3.8, 4) is 23.8 Å². The summed E-state index contributed by atoms with van der Waals surface area (Å²) in [6.45, 7) is 23.0. The number of terminal acetylenes is 1. The lowest BCUT2D eigenvalue weighted by Crippen LogP contribution is -2.59. The zero-order valence-corrected chi connectivity index (χ0v) is 69.6. The van der Waals surface area contributed by atoms with Gasteiger partial charge in [0, 0.05) is 68.4 Å². The van der Waals surface area contributed by atoms with Crippen LogP contribution in [-0.4, -0.2) is 201 Å². The highest BCUT2D eigenvalue weighted by atomic mass is 16.6. The summed E-state index contributed by atoms with van der Waals surface area (Å²) >= 11 is 0. The minimum atomic E-state index is -1.86. The number of hydrogen-bond acceptors (Lipinski definition) is 21. The number of amides is 8. The fourth-order valence-electron chi connectivity index (χ4n) is 20.3. The number of nitrogens with two attached hydrogens (primary N) is 1. The molecule has 115 heavy (non-hydrogen) atoms. The molecule has 3 aliphatic heterocycles. The van der Waals surface area contributed by atoms with E-state index in [1.54, 1.807) is 67.9 Å². The zero-order valence-electron chi connectivity index (χ0n) is 69.6. The molecule has 2 aromatic rings. The molecule has 29 nitrogen and oxygen atoms in total. The van der Waals surface area contributed by atoms with Crippen LogP contribution in [0.5, 0.6) is 0 Å². The molecule has 10 aliphatic rings. The van der Waals surface area contributed by atoms with Crippen molar-refractivity contribution >= 4 is 93.6 Å². The van der Waals surface area contributed by atoms with E-state index in [-0.39, 0.29) is 44.5 Å². The first kappa shape index (κ1) is 86.0. The number of benzene rings is 2. The van der Waals surface area contributed by atoms with Gasteiger partial charge in [-0.05, 0) is 163 Å². The molecular formula is C86H115N11O18. The van der Waals surface area contributed by atoms with Crippen LogP contribution in [0.4, 0.5) is 5.69 Å². The smallest absolute Gasteiger partial charge is 0.329 e. The fraction of sp³-hybridized carbons (Fsp3) is 0.640. The molecule has 0 spiro atoms. The Balaban J connectivity index is 0.000000434. The molecule has 5 saturated carbocycles. The van der Waals surface area contributed by atoms with E-state index in [1.807, 2.05) is 6.20 Å². The van der Waals surface area contributed by atoms with Gasteiger partial charge in [-0.25, -0.2) is 14.6 Å². The lowest BCUT2D eigenvalue weighted by atomic mass is 9.46. The molecule has 2 saturated heterocycles. The molecule has 7 aliphatic carbocycles. The Morgan fingerprint density at radius 1 is 0.670 bits per heavy atom. The van der Waals surface area contributed by atoms with E-state index in [4.69, 9.17) is 35.6 Å². The van der Waals surface area contributed by atoms with E-state index < -0.39 is 202 Å². The standard InChI is InChI=1S/C64H88N10O16.C22H27NO2/c1-27(2)44-53(78)35-19-17-21-37(35)61(84)71(13)25-40(75)73(15)50(29(5)6)63(86)88-33(11)46(59(82)67-44)69-57(80)39-24-23-31(9)55-48(39)66-49-42(43(65)52(77)32(10)56(49)90-55)58(81)70-47-34(12)89-64(87)51(30(7)8)74(16)41(76)26-72(14)62(85)38-22-18-20-36(38)54(79)45(28(3)4)68-60(47)83;1-4-22(24)10-8-18-16-6-5-15-11-19-14(13-23-25-19)12-20(15,2)17(16)7-9-21(18,22)3/h23-24,27-30,33-38,44-47,50-51H,17-22,25-26,65H2,1-16H3,(H,67,82)(H,68,83)(H,69,80)(H,70,81);1,11,13,16-18,24H,5-10,12H2,2-3H3. The van der Waals surface area contributed by atoms with Gasteiger partial charge < -0.3 is 70.1 Å². The maximum Gasteiger partial charge on any atom is 0.329 e. The highest BCUT2D eigenvalue weighted by molar-refractivity contribution is 6.11. The second-order valence-electron chi connectivity index (χ2n) is 35.7. The number of anilines is 1. The average Bonchev–Trinajstić information content (AvgIpc) is 1.62. The molecule has 0 bridgehead atoms. The maximum absolute atomic E-state index is 15.2. The van der Waals surface area contributed by atoms with Gasteiger partial charge in [0.2, 0.25) is 40.9 Å². The van der Waals surface area contributed by atoms with Gasteiger partial charge in [-0.15, -0.1) is 6.42 Å². The summed E-state index contributed by atoms with van der Waals surface area (Å²) in [5.74, 6) is -9.25. The van der Waals surface area contributed by atoms with Gasteiger partial charge in [0.25, 0.3) is 11.8 Å². The van der Waals surface area contributed by atoms with Crippen molar-refractivity contribution in [2.75, 3.05) is 47.0 Å². The first-order valence-corrected chi connectivity index (χ1v) is 40.8. The molecular weight excluding hydrogens is 1480 g/mol. The number of cyclic esters (lactones) is 2. The Hall–Kier alpha value is -9.85. The highest BCUT2D eigenvalue weighted by Crippen LogP contribution is 2.67. The van der Waals surface area contributed by atoms with Gasteiger partial charge in [0.05, 0.1) is 48.2 Å². The number of carbonyl (C=O) groups excluding carboxylic acids is 12. The van der Waals surface area contributed by atoms with E-state index in [0.717, 1.165) is 54.1 Å². The maximum atomic E-state index is 15.2. The van der Waals surface area contributed by atoms with Crippen LogP contribution >= 0.6 is 0 Å². The van der Waals surface area contributed by atoms with Gasteiger partial charge in [0.1, 0.15) is 53.2 Å². The van der Waals surface area contributed by atoms with Crippen molar-refractivity contribution in [3.05, 3.63) is 67.7 Å². The summed E-state index contributed by atoms with van der Waals surface area (Å²) in [6, 6.07) is -5.71. The van der Waals surface area contributed by atoms with E-state index in [9.17, 15) is 57.8 Å². The summed E-state index contributed by atoms with van der Waals surface area (Å²) in [7, 11) is 5.66. The summed E-state index contributed by atoms with van der Waals surface area (Å²) < 4.78 is 23.8. The Morgan fingerprint density at radius 3 is 1.66 bits per heavy atom. The number of aliphatic hydroxyl groups is 1. The van der Waals surface area contributed by atoms with Crippen molar-refractivity contribution in [2.24, 2.45) is 75.9 Å². The summed E-state index contributed by atoms with van der Waals surface area (Å²) in [5, 5.41) is 25.9. The quantitative estimate of drug-likeness (QED) is 0.0450. The van der Waals surface area contributed by atoms with Gasteiger partial charge in [-0.1, -0.05) is 105 Å². The topological polar surface area (TPSA) is 400 Å². The number of ether oxygens (including phenoxy) is 2. The molecule has 29 heteroatoms. The monoisotopic (exact) mass is 1590 g/mol. The minimum absolute atomic E-state index is 0.0668. The molecule has 4 heterocycles. The third-order valence-electron chi connectivity index (χ3n) is 27.0. The number of aryl methyl sites for hydroxylation is 1. The van der Waals surface area contributed by atoms with Crippen molar-refractivity contribution < 1.29 is 81.1 Å². The zero-order chi connectivity index (χ0) is 84.4. The number of nitrogens with one attached hydrogen (secondary N) is 4. The molecule has 18 atom stereocenters. The molecule has 7 fully saturated rings. The lowest BCUT2D eigenvalue weighted by Gasteiger charge is -2.58. The average molecular weight is 1590 g/mol. The largest absolute Gasteiger partial charge is 0.458 e. The number of nitrogens with zero attached hydrogens (tertiary/aromatic N) is 6. The van der Waals surface area contributed by atoms with E-state index in [1.165, 1.54) is 82.9 Å². The van der Waals surface area contributed by atoms with Crippen LogP contribution < -0.4 is 32.4 Å². The predicted molar refractivity (Wildman–Crippen MR) is 424 cm³/mol. The number of allylic oxidation sites excluding steroid dienone is 1. The molecule has 1 aromatic heterocycles. The van der Waals surface area contributed by atoms with Crippen LogP contribution in [0.3, 0.4) is 0 Å². The SMILES string of the molecule is C#CC1(O)CCC2C3CCC4=Cc5oncc5CC4(C)C3CCC21C.Cc1c2oc3c(C)ccc(C(=O)NC4C(=O)NC(C(C)C)C(=O)C5CCCC5C(=O)N(C)CC(=O)N(C)C(C(C)C)C(=O)OC4C)c3nc-2c(C(=O)NC2C(=O)NC(C(C)C)C(=O)C3CCCC3C(=O)N(C)CC(=O)N(C)C(C(C)C)C(=O)OC2C)c(N)c1=O. The van der Waals surface area contributed by atoms with E-state index in [2.05, 4.69) is 52.3 Å². The van der Waals surface area contributed by atoms with Crippen molar-refractivity contribution in [2.45, 2.75) is 234 Å². The third kappa shape index (κ3) is 15.9. The molecule has 7 N–H and O–H groups in total.